The Balaban J connectivity index is 1.64. The van der Waals surface area contributed by atoms with Gasteiger partial charge in [0.1, 0.15) is 0 Å². The highest BCUT2D eigenvalue weighted by Gasteiger charge is 2.36. The lowest BCUT2D eigenvalue weighted by Gasteiger charge is -2.37. The smallest absolute Gasteiger partial charge is 0.252 e. The number of hydrogen-bond donors (Lipinski definition) is 2. The number of aliphatic hydroxyl groups is 1. The molecule has 0 bridgehead atoms. The molecule has 5 nitrogen and oxygen atoms in total. The van der Waals surface area contributed by atoms with Gasteiger partial charge in [0.05, 0.1) is 17.8 Å². The lowest BCUT2D eigenvalue weighted by molar-refractivity contribution is 0.0228. The molecule has 1 unspecified atom stereocenters. The molecule has 2 aromatic heterocycles. The van der Waals surface area contributed by atoms with Gasteiger partial charge in [-0.1, -0.05) is 12.1 Å². The van der Waals surface area contributed by atoms with Crippen molar-refractivity contribution in [1.29, 1.82) is 0 Å². The summed E-state index contributed by atoms with van der Waals surface area (Å²) >= 11 is 0. The number of aryl methyl sites for hydroxylation is 1. The zero-order chi connectivity index (χ0) is 17.4. The molecule has 3 aromatic rings. The van der Waals surface area contributed by atoms with Crippen molar-refractivity contribution in [3.8, 4) is 0 Å². The van der Waals surface area contributed by atoms with Crippen molar-refractivity contribution in [2.45, 2.75) is 25.0 Å². The summed E-state index contributed by atoms with van der Waals surface area (Å²) in [5.41, 5.74) is 2.54. The zero-order valence-corrected chi connectivity index (χ0v) is 14.1. The number of aliphatic hydroxyl groups excluding tert-OH is 1. The highest BCUT2D eigenvalue weighted by molar-refractivity contribution is 6.06. The molecule has 1 fully saturated rings. The summed E-state index contributed by atoms with van der Waals surface area (Å²) in [4.78, 5) is 17.4. The van der Waals surface area contributed by atoms with E-state index in [2.05, 4.69) is 10.3 Å². The fourth-order valence-corrected chi connectivity index (χ4v) is 3.61. The fourth-order valence-electron chi connectivity index (χ4n) is 3.61. The van der Waals surface area contributed by atoms with E-state index in [0.717, 1.165) is 16.6 Å². The quantitative estimate of drug-likeness (QED) is 0.770. The molecule has 0 aliphatic heterocycles. The number of rotatable bonds is 4. The standard InChI is InChI=1S/C20H21N3O2/c1-23-10-8-15-16(5-4-7-18(15)23)20(25)22-19(13-11-14(24)12-13)17-6-2-3-9-21-17/h2-10,13-14,19,24H,11-12H2,1H3,(H,22,25). The Labute approximate surface area is 146 Å². The Hall–Kier alpha value is -2.66. The number of benzene rings is 1. The molecule has 1 aromatic carbocycles. The van der Waals surface area contributed by atoms with Gasteiger partial charge in [-0.05, 0) is 49.1 Å². The molecule has 1 saturated carbocycles. The number of hydrogen-bond acceptors (Lipinski definition) is 3. The number of carbonyl (C=O) groups excluding carboxylic acids is 1. The van der Waals surface area contributed by atoms with Crippen molar-refractivity contribution in [2.24, 2.45) is 13.0 Å². The predicted molar refractivity (Wildman–Crippen MR) is 96.1 cm³/mol. The van der Waals surface area contributed by atoms with E-state index in [1.54, 1.807) is 6.20 Å². The molecule has 1 aliphatic carbocycles. The van der Waals surface area contributed by atoms with Crippen LogP contribution in [0.3, 0.4) is 0 Å². The number of nitrogens with zero attached hydrogens (tertiary/aromatic N) is 2. The van der Waals surface area contributed by atoms with Crippen molar-refractivity contribution in [3.63, 3.8) is 0 Å². The van der Waals surface area contributed by atoms with Gasteiger partial charge in [0.2, 0.25) is 0 Å². The van der Waals surface area contributed by atoms with E-state index >= 15 is 0 Å². The topological polar surface area (TPSA) is 67.2 Å². The maximum absolute atomic E-state index is 13.0. The maximum atomic E-state index is 13.0. The van der Waals surface area contributed by atoms with Crippen LogP contribution in [0.25, 0.3) is 10.9 Å². The second kappa shape index (κ2) is 6.33. The average Bonchev–Trinajstić information content (AvgIpc) is 2.99. The monoisotopic (exact) mass is 335 g/mol. The molecule has 25 heavy (non-hydrogen) atoms. The Bertz CT molecular complexity index is 898. The summed E-state index contributed by atoms with van der Waals surface area (Å²) in [6, 6.07) is 13.3. The van der Waals surface area contributed by atoms with Gasteiger partial charge in [0.25, 0.3) is 5.91 Å². The first-order valence-corrected chi connectivity index (χ1v) is 8.57. The molecule has 4 rings (SSSR count). The van der Waals surface area contributed by atoms with E-state index in [-0.39, 0.29) is 24.0 Å². The Kier molecular flexibility index (Phi) is 4.01. The number of carbonyl (C=O) groups is 1. The minimum Gasteiger partial charge on any atom is -0.393 e. The van der Waals surface area contributed by atoms with Gasteiger partial charge < -0.3 is 15.0 Å². The summed E-state index contributed by atoms with van der Waals surface area (Å²) in [7, 11) is 1.97. The molecule has 5 heteroatoms. The van der Waals surface area contributed by atoms with E-state index < -0.39 is 0 Å². The Morgan fingerprint density at radius 3 is 2.80 bits per heavy atom. The van der Waals surface area contributed by atoms with Gasteiger partial charge in [0, 0.05) is 35.9 Å². The second-order valence-electron chi connectivity index (χ2n) is 6.76. The number of aromatic nitrogens is 2. The predicted octanol–water partition coefficient (Wildman–Crippen LogP) is 2.82. The minimum atomic E-state index is -0.273. The van der Waals surface area contributed by atoms with Crippen LogP contribution in [-0.2, 0) is 7.05 Å². The van der Waals surface area contributed by atoms with Crippen molar-refractivity contribution in [2.75, 3.05) is 0 Å². The molecule has 1 aliphatic rings. The van der Waals surface area contributed by atoms with Crippen molar-refractivity contribution in [3.05, 3.63) is 66.1 Å². The van der Waals surface area contributed by atoms with Gasteiger partial charge in [-0.2, -0.15) is 0 Å². The first-order chi connectivity index (χ1) is 12.1. The van der Waals surface area contributed by atoms with Crippen LogP contribution < -0.4 is 5.32 Å². The molecule has 1 amide bonds. The third-order valence-electron chi connectivity index (χ3n) is 5.09. The van der Waals surface area contributed by atoms with E-state index in [0.29, 0.717) is 18.4 Å². The van der Waals surface area contributed by atoms with Gasteiger partial charge in [0.15, 0.2) is 0 Å². The van der Waals surface area contributed by atoms with Gasteiger partial charge in [-0.25, -0.2) is 0 Å². The van der Waals surface area contributed by atoms with Gasteiger partial charge in [-0.3, -0.25) is 9.78 Å². The Morgan fingerprint density at radius 1 is 1.24 bits per heavy atom. The fraction of sp³-hybridized carbons (Fsp3) is 0.300. The molecule has 2 heterocycles. The van der Waals surface area contributed by atoms with Crippen LogP contribution in [0.5, 0.6) is 0 Å². The minimum absolute atomic E-state index is 0.103. The van der Waals surface area contributed by atoms with E-state index in [1.165, 1.54) is 0 Å². The molecular formula is C20H21N3O2. The highest BCUT2D eigenvalue weighted by atomic mass is 16.3. The largest absolute Gasteiger partial charge is 0.393 e. The molecule has 2 N–H and O–H groups in total. The van der Waals surface area contributed by atoms with Crippen LogP contribution >= 0.6 is 0 Å². The third kappa shape index (κ3) is 2.91. The van der Waals surface area contributed by atoms with Crippen molar-refractivity contribution < 1.29 is 9.90 Å². The number of pyridine rings is 1. The van der Waals surface area contributed by atoms with Crippen LogP contribution in [0.1, 0.15) is 34.9 Å². The number of fused-ring (bicyclic) bond motifs is 1. The van der Waals surface area contributed by atoms with Crippen LogP contribution in [-0.4, -0.2) is 26.7 Å². The molecule has 0 radical (unpaired) electrons. The molecule has 0 spiro atoms. The summed E-state index contributed by atoms with van der Waals surface area (Å²) in [5.74, 6) is 0.109. The normalized spacial score (nSPS) is 20.9. The summed E-state index contributed by atoms with van der Waals surface area (Å²) in [5, 5.41) is 13.8. The van der Waals surface area contributed by atoms with Crippen LogP contribution in [0.15, 0.2) is 54.9 Å². The van der Waals surface area contributed by atoms with E-state index in [9.17, 15) is 9.90 Å². The van der Waals surface area contributed by atoms with E-state index in [4.69, 9.17) is 0 Å². The average molecular weight is 335 g/mol. The van der Waals surface area contributed by atoms with Crippen LogP contribution in [0.4, 0.5) is 0 Å². The van der Waals surface area contributed by atoms with Crippen LogP contribution in [0, 0.1) is 5.92 Å². The molecular weight excluding hydrogens is 314 g/mol. The summed E-state index contributed by atoms with van der Waals surface area (Å²) in [6.45, 7) is 0. The Morgan fingerprint density at radius 2 is 2.08 bits per heavy atom. The summed E-state index contributed by atoms with van der Waals surface area (Å²) < 4.78 is 2.00. The SMILES string of the molecule is Cn1ccc2c(C(=O)NC(c3ccccn3)C3CC(O)C3)cccc21. The highest BCUT2D eigenvalue weighted by Crippen LogP contribution is 2.37. The summed E-state index contributed by atoms with van der Waals surface area (Å²) in [6.07, 6.45) is 4.81. The molecule has 128 valence electrons. The number of amides is 1. The third-order valence-corrected chi connectivity index (χ3v) is 5.09. The molecule has 1 atom stereocenters. The maximum Gasteiger partial charge on any atom is 0.252 e. The lowest BCUT2D eigenvalue weighted by Crippen LogP contribution is -2.41. The molecule has 0 saturated heterocycles. The lowest BCUT2D eigenvalue weighted by atomic mass is 9.76. The zero-order valence-electron chi connectivity index (χ0n) is 14.1. The van der Waals surface area contributed by atoms with Gasteiger partial charge in [-0.15, -0.1) is 0 Å². The number of nitrogens with one attached hydrogen (secondary N) is 1. The second-order valence-corrected chi connectivity index (χ2v) is 6.76. The first kappa shape index (κ1) is 15.8. The van der Waals surface area contributed by atoms with Crippen molar-refractivity contribution >= 4 is 16.8 Å². The van der Waals surface area contributed by atoms with Gasteiger partial charge >= 0.3 is 0 Å². The van der Waals surface area contributed by atoms with E-state index in [1.807, 2.05) is 60.3 Å². The first-order valence-electron chi connectivity index (χ1n) is 8.57. The van der Waals surface area contributed by atoms with Crippen LogP contribution in [0.2, 0.25) is 0 Å². The van der Waals surface area contributed by atoms with Crippen molar-refractivity contribution in [1.82, 2.24) is 14.9 Å².